The van der Waals surface area contributed by atoms with E-state index in [-0.39, 0.29) is 5.91 Å². The fraction of sp³-hybridized carbons (Fsp3) is 0.143. The minimum Gasteiger partial charge on any atom is -0.380 e. The number of nitrogens with one attached hydrogen (secondary N) is 2. The second kappa shape index (κ2) is 6.33. The van der Waals surface area contributed by atoms with Crippen LogP contribution in [-0.2, 0) is 11.3 Å². The van der Waals surface area contributed by atoms with Gasteiger partial charge in [-0.05, 0) is 39.7 Å². The van der Waals surface area contributed by atoms with E-state index in [1.54, 1.807) is 6.20 Å². The van der Waals surface area contributed by atoms with Crippen LogP contribution >= 0.6 is 15.9 Å². The maximum absolute atomic E-state index is 11.1. The predicted octanol–water partition coefficient (Wildman–Crippen LogP) is 3.41. The van der Waals surface area contributed by atoms with E-state index >= 15 is 0 Å². The van der Waals surface area contributed by atoms with Crippen LogP contribution in [-0.4, -0.2) is 10.9 Å². The highest BCUT2D eigenvalue weighted by molar-refractivity contribution is 9.10. The monoisotopic (exact) mass is 319 g/mol. The molecule has 0 bridgehead atoms. The lowest BCUT2D eigenvalue weighted by Crippen LogP contribution is -2.10. The summed E-state index contributed by atoms with van der Waals surface area (Å²) >= 11 is 3.29. The Morgan fingerprint density at radius 3 is 2.74 bits per heavy atom. The molecule has 0 radical (unpaired) electrons. The first kappa shape index (κ1) is 13.5. The molecule has 0 spiro atoms. The van der Waals surface area contributed by atoms with Gasteiger partial charge in [-0.15, -0.1) is 0 Å². The number of carbonyl (C=O) groups excluding carboxylic acids is 1. The van der Waals surface area contributed by atoms with Gasteiger partial charge >= 0.3 is 0 Å². The summed E-state index contributed by atoms with van der Waals surface area (Å²) in [6.45, 7) is 2.13. The lowest BCUT2D eigenvalue weighted by Gasteiger charge is -2.11. The van der Waals surface area contributed by atoms with Crippen LogP contribution in [0.2, 0.25) is 0 Å². The normalized spacial score (nSPS) is 10.0. The third-order valence-electron chi connectivity index (χ3n) is 2.54. The van der Waals surface area contributed by atoms with Gasteiger partial charge in [0.15, 0.2) is 0 Å². The fourth-order valence-corrected chi connectivity index (χ4v) is 1.90. The molecule has 0 atom stereocenters. The number of rotatable bonds is 4. The summed E-state index contributed by atoms with van der Waals surface area (Å²) in [4.78, 5) is 15.3. The molecule has 1 aromatic carbocycles. The first-order chi connectivity index (χ1) is 9.15. The third-order valence-corrected chi connectivity index (χ3v) is 3.01. The largest absolute Gasteiger partial charge is 0.380 e. The van der Waals surface area contributed by atoms with Gasteiger partial charge in [-0.25, -0.2) is 4.98 Å². The molecule has 19 heavy (non-hydrogen) atoms. The number of hydrogen-bond donors (Lipinski definition) is 2. The molecule has 1 aromatic heterocycles. The molecule has 1 amide bonds. The van der Waals surface area contributed by atoms with Gasteiger partial charge in [-0.2, -0.15) is 0 Å². The summed E-state index contributed by atoms with van der Waals surface area (Å²) in [5.41, 5.74) is 2.79. The average molecular weight is 320 g/mol. The molecule has 2 rings (SSSR count). The smallest absolute Gasteiger partial charge is 0.221 e. The number of para-hydroxylation sites is 1. The maximum atomic E-state index is 11.1. The van der Waals surface area contributed by atoms with E-state index in [1.807, 2.05) is 36.4 Å². The molecule has 4 nitrogen and oxygen atoms in total. The molecule has 98 valence electrons. The summed E-state index contributed by atoms with van der Waals surface area (Å²) in [5, 5.41) is 6.08. The molecule has 0 saturated carbocycles. The van der Waals surface area contributed by atoms with E-state index in [4.69, 9.17) is 0 Å². The van der Waals surface area contributed by atoms with Crippen LogP contribution in [0.5, 0.6) is 0 Å². The number of hydrogen-bond acceptors (Lipinski definition) is 3. The zero-order valence-corrected chi connectivity index (χ0v) is 12.1. The van der Waals surface area contributed by atoms with Gasteiger partial charge in [-0.1, -0.05) is 18.2 Å². The molecule has 0 saturated heterocycles. The topological polar surface area (TPSA) is 54.0 Å². The Morgan fingerprint density at radius 2 is 2.05 bits per heavy atom. The van der Waals surface area contributed by atoms with Crippen LogP contribution in [0.3, 0.4) is 0 Å². The number of amides is 1. The van der Waals surface area contributed by atoms with E-state index in [1.165, 1.54) is 6.92 Å². The van der Waals surface area contributed by atoms with Crippen molar-refractivity contribution in [2.75, 3.05) is 10.6 Å². The Morgan fingerprint density at radius 1 is 1.26 bits per heavy atom. The number of anilines is 2. The summed E-state index contributed by atoms with van der Waals surface area (Å²) in [7, 11) is 0. The molecule has 0 aliphatic carbocycles. The van der Waals surface area contributed by atoms with E-state index in [0.29, 0.717) is 6.54 Å². The van der Waals surface area contributed by atoms with Crippen molar-refractivity contribution in [1.29, 1.82) is 0 Å². The van der Waals surface area contributed by atoms with E-state index in [9.17, 15) is 4.79 Å². The minimum atomic E-state index is -0.0715. The third kappa shape index (κ3) is 4.06. The van der Waals surface area contributed by atoms with Gasteiger partial charge < -0.3 is 10.6 Å². The molecule has 5 heteroatoms. The van der Waals surface area contributed by atoms with Crippen molar-refractivity contribution in [2.45, 2.75) is 13.5 Å². The standard InChI is InChI=1S/C14H14BrN3O/c1-10(19)18-13-5-3-2-4-11(13)8-16-12-6-7-14(15)17-9-12/h2-7,9,16H,8H2,1H3,(H,18,19). The number of halogens is 1. The van der Waals surface area contributed by atoms with Crippen LogP contribution in [0.15, 0.2) is 47.2 Å². The molecule has 1 heterocycles. The predicted molar refractivity (Wildman–Crippen MR) is 80.0 cm³/mol. The molecular formula is C14H14BrN3O. The number of aromatic nitrogens is 1. The highest BCUT2D eigenvalue weighted by Gasteiger charge is 2.03. The van der Waals surface area contributed by atoms with E-state index in [0.717, 1.165) is 21.5 Å². The van der Waals surface area contributed by atoms with Crippen LogP contribution in [0.25, 0.3) is 0 Å². The van der Waals surface area contributed by atoms with E-state index < -0.39 is 0 Å². The Labute approximate surface area is 120 Å². The molecular weight excluding hydrogens is 306 g/mol. The van der Waals surface area contributed by atoms with Gasteiger partial charge in [0.2, 0.25) is 5.91 Å². The van der Waals surface area contributed by atoms with Crippen molar-refractivity contribution in [2.24, 2.45) is 0 Å². The zero-order valence-electron chi connectivity index (χ0n) is 10.5. The summed E-state index contributed by atoms with van der Waals surface area (Å²) in [5.74, 6) is -0.0715. The van der Waals surface area contributed by atoms with Crippen molar-refractivity contribution < 1.29 is 4.79 Å². The van der Waals surface area contributed by atoms with Crippen molar-refractivity contribution in [3.05, 3.63) is 52.8 Å². The molecule has 0 aliphatic heterocycles. The minimum absolute atomic E-state index is 0.0715. The first-order valence-corrected chi connectivity index (χ1v) is 6.65. The fourth-order valence-electron chi connectivity index (χ4n) is 1.66. The summed E-state index contributed by atoms with van der Waals surface area (Å²) in [6.07, 6.45) is 1.76. The van der Waals surface area contributed by atoms with Crippen molar-refractivity contribution in [1.82, 2.24) is 4.98 Å². The van der Waals surface area contributed by atoms with Crippen molar-refractivity contribution >= 4 is 33.2 Å². The molecule has 2 N–H and O–H groups in total. The van der Waals surface area contributed by atoms with Gasteiger partial charge in [0, 0.05) is 19.2 Å². The zero-order chi connectivity index (χ0) is 13.7. The van der Waals surface area contributed by atoms with Crippen molar-refractivity contribution in [3.8, 4) is 0 Å². The number of nitrogens with zero attached hydrogens (tertiary/aromatic N) is 1. The molecule has 2 aromatic rings. The highest BCUT2D eigenvalue weighted by atomic mass is 79.9. The van der Waals surface area contributed by atoms with Crippen molar-refractivity contribution in [3.63, 3.8) is 0 Å². The van der Waals surface area contributed by atoms with Crippen LogP contribution in [0.1, 0.15) is 12.5 Å². The number of carbonyl (C=O) groups is 1. The van der Waals surface area contributed by atoms with Crippen LogP contribution in [0.4, 0.5) is 11.4 Å². The summed E-state index contributed by atoms with van der Waals surface area (Å²) < 4.78 is 0.802. The lowest BCUT2D eigenvalue weighted by atomic mass is 10.1. The van der Waals surface area contributed by atoms with Gasteiger partial charge in [0.05, 0.1) is 11.9 Å². The number of pyridine rings is 1. The van der Waals surface area contributed by atoms with Gasteiger partial charge in [0.25, 0.3) is 0 Å². The SMILES string of the molecule is CC(=O)Nc1ccccc1CNc1ccc(Br)nc1. The maximum Gasteiger partial charge on any atom is 0.221 e. The van der Waals surface area contributed by atoms with Crippen LogP contribution < -0.4 is 10.6 Å². The first-order valence-electron chi connectivity index (χ1n) is 5.86. The lowest BCUT2D eigenvalue weighted by molar-refractivity contribution is -0.114. The Hall–Kier alpha value is -1.88. The molecule has 0 aliphatic rings. The summed E-state index contributed by atoms with van der Waals surface area (Å²) in [6, 6.07) is 11.5. The Balaban J connectivity index is 2.06. The quantitative estimate of drug-likeness (QED) is 0.849. The second-order valence-corrected chi connectivity index (χ2v) is 4.87. The molecule has 0 fully saturated rings. The van der Waals surface area contributed by atoms with Crippen LogP contribution in [0, 0.1) is 0 Å². The van der Waals surface area contributed by atoms with Gasteiger partial charge in [-0.3, -0.25) is 4.79 Å². The second-order valence-electron chi connectivity index (χ2n) is 4.06. The Kier molecular flexibility index (Phi) is 4.52. The Bertz CT molecular complexity index is 569. The van der Waals surface area contributed by atoms with Gasteiger partial charge in [0.1, 0.15) is 4.60 Å². The average Bonchev–Trinajstić information content (AvgIpc) is 2.39. The number of benzene rings is 1. The van der Waals surface area contributed by atoms with E-state index in [2.05, 4.69) is 31.5 Å². The highest BCUT2D eigenvalue weighted by Crippen LogP contribution is 2.17. The molecule has 0 unspecified atom stereocenters.